The third kappa shape index (κ3) is 1.97. The van der Waals surface area contributed by atoms with Crippen molar-refractivity contribution in [3.05, 3.63) is 23.8 Å². The van der Waals surface area contributed by atoms with Crippen LogP contribution in [-0.4, -0.2) is 17.4 Å². The van der Waals surface area contributed by atoms with Gasteiger partial charge in [-0.25, -0.2) is 0 Å². The first-order valence-electron chi connectivity index (χ1n) is 3.97. The van der Waals surface area contributed by atoms with Gasteiger partial charge >= 0.3 is 0 Å². The van der Waals surface area contributed by atoms with Crippen molar-refractivity contribution >= 4 is 11.5 Å². The summed E-state index contributed by atoms with van der Waals surface area (Å²) in [6.07, 6.45) is 0.244. The van der Waals surface area contributed by atoms with Crippen molar-refractivity contribution in [2.75, 3.05) is 12.3 Å². The van der Waals surface area contributed by atoms with Crippen LogP contribution in [0.3, 0.4) is 0 Å². The third-order valence-corrected chi connectivity index (χ3v) is 1.75. The Bertz CT molecular complexity index is 323. The van der Waals surface area contributed by atoms with E-state index in [0.717, 1.165) is 0 Å². The van der Waals surface area contributed by atoms with Gasteiger partial charge in [-0.15, -0.1) is 0 Å². The molecule has 0 unspecified atom stereocenters. The molecule has 0 bridgehead atoms. The number of nitrogens with two attached hydrogens (primary N) is 2. The average molecular weight is 180 g/mol. The number of benzene rings is 1. The molecule has 4 nitrogen and oxygen atoms in total. The van der Waals surface area contributed by atoms with Gasteiger partial charge in [0.25, 0.3) is 0 Å². The van der Waals surface area contributed by atoms with Crippen LogP contribution in [0, 0.1) is 0 Å². The smallest absolute Gasteiger partial charge is 0.166 e. The second kappa shape index (κ2) is 3.91. The maximum Gasteiger partial charge on any atom is 0.166 e. The van der Waals surface area contributed by atoms with Gasteiger partial charge < -0.3 is 16.6 Å². The quantitative estimate of drug-likeness (QED) is 0.359. The molecule has 0 amide bonds. The molecule has 1 aromatic carbocycles. The van der Waals surface area contributed by atoms with E-state index in [2.05, 4.69) is 0 Å². The Hall–Kier alpha value is -1.55. The normalized spacial score (nSPS) is 9.92. The maximum absolute atomic E-state index is 11.3. The summed E-state index contributed by atoms with van der Waals surface area (Å²) in [4.78, 5) is 11.3. The van der Waals surface area contributed by atoms with Gasteiger partial charge in [-0.05, 0) is 18.7 Å². The van der Waals surface area contributed by atoms with Crippen molar-refractivity contribution in [2.24, 2.45) is 5.73 Å². The first-order valence-corrected chi connectivity index (χ1v) is 3.97. The number of phenolic OH excluding ortho intramolecular Hbond substituents is 1. The zero-order valence-corrected chi connectivity index (χ0v) is 7.16. The fraction of sp³-hybridized carbons (Fsp3) is 0.222. The van der Waals surface area contributed by atoms with Crippen LogP contribution in [0.5, 0.6) is 5.75 Å². The summed E-state index contributed by atoms with van der Waals surface area (Å²) in [5.74, 6) is -0.209. The van der Waals surface area contributed by atoms with E-state index in [0.29, 0.717) is 5.56 Å². The highest BCUT2D eigenvalue weighted by Gasteiger charge is 2.10. The molecule has 0 spiro atoms. The number of para-hydroxylation sites is 1. The summed E-state index contributed by atoms with van der Waals surface area (Å²) in [7, 11) is 0. The topological polar surface area (TPSA) is 89.3 Å². The minimum atomic E-state index is -0.143. The van der Waals surface area contributed by atoms with Crippen LogP contribution in [0.25, 0.3) is 0 Å². The Morgan fingerprint density at radius 3 is 2.77 bits per heavy atom. The Morgan fingerprint density at radius 2 is 2.15 bits per heavy atom. The Labute approximate surface area is 76.2 Å². The van der Waals surface area contributed by atoms with Crippen LogP contribution in [0.4, 0.5) is 5.69 Å². The number of hydrogen-bond donors (Lipinski definition) is 3. The third-order valence-electron chi connectivity index (χ3n) is 1.75. The van der Waals surface area contributed by atoms with Gasteiger partial charge in [0.15, 0.2) is 5.78 Å². The SMILES string of the molecule is NCCC(=O)c1cccc(O)c1N. The zero-order valence-electron chi connectivity index (χ0n) is 7.16. The second-order valence-corrected chi connectivity index (χ2v) is 2.70. The number of aromatic hydroxyl groups is 1. The highest BCUT2D eigenvalue weighted by molar-refractivity contribution is 6.01. The molecule has 13 heavy (non-hydrogen) atoms. The Kier molecular flexibility index (Phi) is 2.87. The highest BCUT2D eigenvalue weighted by atomic mass is 16.3. The van der Waals surface area contributed by atoms with Gasteiger partial charge in [-0.1, -0.05) is 6.07 Å². The number of hydrogen-bond acceptors (Lipinski definition) is 4. The molecule has 5 N–H and O–H groups in total. The average Bonchev–Trinajstić information content (AvgIpc) is 2.10. The number of ketones is 1. The lowest BCUT2D eigenvalue weighted by Gasteiger charge is -2.04. The van der Waals surface area contributed by atoms with E-state index >= 15 is 0 Å². The predicted octanol–water partition coefficient (Wildman–Crippen LogP) is 0.506. The van der Waals surface area contributed by atoms with Crippen molar-refractivity contribution in [1.29, 1.82) is 0 Å². The molecule has 0 aromatic heterocycles. The second-order valence-electron chi connectivity index (χ2n) is 2.70. The summed E-state index contributed by atoms with van der Waals surface area (Å²) in [6.45, 7) is 0.286. The number of phenols is 1. The van der Waals surface area contributed by atoms with E-state index in [1.165, 1.54) is 6.07 Å². The van der Waals surface area contributed by atoms with E-state index in [1.54, 1.807) is 12.1 Å². The molecule has 0 saturated carbocycles. The molecule has 0 aliphatic rings. The fourth-order valence-corrected chi connectivity index (χ4v) is 1.06. The predicted molar refractivity (Wildman–Crippen MR) is 50.5 cm³/mol. The number of anilines is 1. The van der Waals surface area contributed by atoms with Crippen molar-refractivity contribution < 1.29 is 9.90 Å². The summed E-state index contributed by atoms with van der Waals surface area (Å²) >= 11 is 0. The monoisotopic (exact) mass is 180 g/mol. The van der Waals surface area contributed by atoms with Crippen LogP contribution in [0.15, 0.2) is 18.2 Å². The lowest BCUT2D eigenvalue weighted by Crippen LogP contribution is -2.10. The Balaban J connectivity index is 3.01. The molecule has 0 atom stereocenters. The molecule has 0 aliphatic heterocycles. The van der Waals surface area contributed by atoms with Gasteiger partial charge in [-0.2, -0.15) is 0 Å². The summed E-state index contributed by atoms with van der Waals surface area (Å²) in [6, 6.07) is 4.59. The molecule has 0 fully saturated rings. The first-order chi connectivity index (χ1) is 6.16. The van der Waals surface area contributed by atoms with Gasteiger partial charge in [0.1, 0.15) is 5.75 Å². The van der Waals surface area contributed by atoms with Gasteiger partial charge in [0.2, 0.25) is 0 Å². The van der Waals surface area contributed by atoms with E-state index in [-0.39, 0.29) is 30.2 Å². The van der Waals surface area contributed by atoms with Crippen LogP contribution in [0.2, 0.25) is 0 Å². The minimum absolute atomic E-state index is 0.0668. The molecular formula is C9H12N2O2. The largest absolute Gasteiger partial charge is 0.506 e. The first kappa shape index (κ1) is 9.54. The van der Waals surface area contributed by atoms with Gasteiger partial charge in [-0.3, -0.25) is 4.79 Å². The number of carbonyl (C=O) groups is 1. The summed E-state index contributed by atoms with van der Waals surface area (Å²) in [5, 5.41) is 9.21. The molecule has 4 heteroatoms. The minimum Gasteiger partial charge on any atom is -0.506 e. The standard InChI is InChI=1S/C9H12N2O2/c10-5-4-7(12)6-2-1-3-8(13)9(6)11/h1-3,13H,4-5,10-11H2. The Morgan fingerprint density at radius 1 is 1.46 bits per heavy atom. The van der Waals surface area contributed by atoms with Crippen molar-refractivity contribution in [2.45, 2.75) is 6.42 Å². The van der Waals surface area contributed by atoms with Crippen molar-refractivity contribution in [3.8, 4) is 5.75 Å². The number of nitrogen functional groups attached to an aromatic ring is 1. The van der Waals surface area contributed by atoms with E-state index in [1.807, 2.05) is 0 Å². The molecule has 1 aromatic rings. The van der Waals surface area contributed by atoms with E-state index in [4.69, 9.17) is 11.5 Å². The molecule has 0 saturated heterocycles. The zero-order chi connectivity index (χ0) is 9.84. The van der Waals surface area contributed by atoms with E-state index in [9.17, 15) is 9.90 Å². The molecular weight excluding hydrogens is 168 g/mol. The molecule has 0 aliphatic carbocycles. The van der Waals surface area contributed by atoms with Crippen molar-refractivity contribution in [1.82, 2.24) is 0 Å². The highest BCUT2D eigenvalue weighted by Crippen LogP contribution is 2.24. The number of carbonyl (C=O) groups excluding carboxylic acids is 1. The van der Waals surface area contributed by atoms with E-state index < -0.39 is 0 Å². The molecule has 0 heterocycles. The molecule has 70 valence electrons. The molecule has 1 rings (SSSR count). The van der Waals surface area contributed by atoms with Gasteiger partial charge in [0.05, 0.1) is 5.69 Å². The maximum atomic E-state index is 11.3. The molecule has 0 radical (unpaired) electrons. The van der Waals surface area contributed by atoms with Crippen molar-refractivity contribution in [3.63, 3.8) is 0 Å². The van der Waals surface area contributed by atoms with Crippen LogP contribution in [0.1, 0.15) is 16.8 Å². The van der Waals surface area contributed by atoms with Gasteiger partial charge in [0, 0.05) is 12.0 Å². The number of rotatable bonds is 3. The lowest BCUT2D eigenvalue weighted by molar-refractivity contribution is 0.0986. The van der Waals surface area contributed by atoms with Crippen LogP contribution < -0.4 is 11.5 Å². The number of Topliss-reactive ketones (excluding diaryl/α,β-unsaturated/α-hetero) is 1. The fourth-order valence-electron chi connectivity index (χ4n) is 1.06. The summed E-state index contributed by atoms with van der Waals surface area (Å²) in [5.41, 5.74) is 11.2. The lowest BCUT2D eigenvalue weighted by atomic mass is 10.1. The van der Waals surface area contributed by atoms with Crippen LogP contribution in [-0.2, 0) is 0 Å². The van der Waals surface area contributed by atoms with Crippen LogP contribution >= 0.6 is 0 Å². The summed E-state index contributed by atoms with van der Waals surface area (Å²) < 4.78 is 0.